The standard InChI is InChI=1S/C14H19NO4/c1-19-11-5-6-13(17)12(9-11)14(18)15(7-8-16)10-3-2-4-10/h5-6,9-10,16-17H,2-4,7-8H2,1H3. The van der Waals surface area contributed by atoms with Crippen molar-refractivity contribution in [2.24, 2.45) is 0 Å². The first-order valence-electron chi connectivity index (χ1n) is 6.46. The zero-order chi connectivity index (χ0) is 13.8. The lowest BCUT2D eigenvalue weighted by atomic mass is 9.91. The highest BCUT2D eigenvalue weighted by atomic mass is 16.5. The van der Waals surface area contributed by atoms with Gasteiger partial charge < -0.3 is 19.8 Å². The molecule has 104 valence electrons. The van der Waals surface area contributed by atoms with Crippen LogP contribution >= 0.6 is 0 Å². The molecule has 0 aliphatic heterocycles. The number of hydrogen-bond donors (Lipinski definition) is 2. The summed E-state index contributed by atoms with van der Waals surface area (Å²) < 4.78 is 5.07. The number of phenolic OH excluding ortho intramolecular Hbond substituents is 1. The number of carbonyl (C=O) groups is 1. The van der Waals surface area contributed by atoms with E-state index < -0.39 is 0 Å². The lowest BCUT2D eigenvalue weighted by Gasteiger charge is -2.37. The van der Waals surface area contributed by atoms with Gasteiger partial charge in [-0.25, -0.2) is 0 Å². The minimum Gasteiger partial charge on any atom is -0.507 e. The second-order valence-electron chi connectivity index (χ2n) is 4.69. The van der Waals surface area contributed by atoms with E-state index in [0.29, 0.717) is 12.3 Å². The van der Waals surface area contributed by atoms with Crippen LogP contribution in [0, 0.1) is 0 Å². The Hall–Kier alpha value is -1.75. The van der Waals surface area contributed by atoms with Gasteiger partial charge in [0.1, 0.15) is 11.5 Å². The molecular weight excluding hydrogens is 246 g/mol. The molecule has 2 rings (SSSR count). The first-order chi connectivity index (χ1) is 9.17. The molecule has 1 saturated carbocycles. The number of methoxy groups -OCH3 is 1. The van der Waals surface area contributed by atoms with Gasteiger partial charge in [0.25, 0.3) is 5.91 Å². The molecule has 0 spiro atoms. The maximum atomic E-state index is 12.5. The van der Waals surface area contributed by atoms with Crippen molar-refractivity contribution in [3.63, 3.8) is 0 Å². The summed E-state index contributed by atoms with van der Waals surface area (Å²) in [5.74, 6) is 0.210. The van der Waals surface area contributed by atoms with E-state index in [0.717, 1.165) is 19.3 Å². The predicted octanol–water partition coefficient (Wildman–Crippen LogP) is 1.39. The topological polar surface area (TPSA) is 70.0 Å². The van der Waals surface area contributed by atoms with Gasteiger partial charge >= 0.3 is 0 Å². The number of benzene rings is 1. The number of phenols is 1. The summed E-state index contributed by atoms with van der Waals surface area (Å²) >= 11 is 0. The molecule has 19 heavy (non-hydrogen) atoms. The van der Waals surface area contributed by atoms with Crippen molar-refractivity contribution >= 4 is 5.91 Å². The number of rotatable bonds is 5. The number of aliphatic hydroxyl groups is 1. The third kappa shape index (κ3) is 2.81. The van der Waals surface area contributed by atoms with Gasteiger partial charge in [-0.3, -0.25) is 4.79 Å². The summed E-state index contributed by atoms with van der Waals surface area (Å²) in [6, 6.07) is 4.75. The first kappa shape index (κ1) is 13.7. The lowest BCUT2D eigenvalue weighted by molar-refractivity contribution is 0.0522. The molecule has 0 atom stereocenters. The van der Waals surface area contributed by atoms with E-state index in [2.05, 4.69) is 0 Å². The van der Waals surface area contributed by atoms with Crippen molar-refractivity contribution < 1.29 is 19.7 Å². The van der Waals surface area contributed by atoms with Crippen molar-refractivity contribution in [2.75, 3.05) is 20.3 Å². The molecule has 0 saturated heterocycles. The Labute approximate surface area is 112 Å². The molecule has 0 radical (unpaired) electrons. The Balaban J connectivity index is 2.24. The number of carbonyl (C=O) groups excluding carboxylic acids is 1. The molecule has 0 unspecified atom stereocenters. The third-order valence-corrected chi connectivity index (χ3v) is 3.55. The monoisotopic (exact) mass is 265 g/mol. The Morgan fingerprint density at radius 3 is 2.74 bits per heavy atom. The molecule has 2 N–H and O–H groups in total. The van der Waals surface area contributed by atoms with Gasteiger partial charge in [-0.1, -0.05) is 0 Å². The van der Waals surface area contributed by atoms with Crippen LogP contribution in [0.1, 0.15) is 29.6 Å². The van der Waals surface area contributed by atoms with Crippen LogP contribution in [-0.2, 0) is 0 Å². The molecule has 0 aromatic heterocycles. The molecule has 0 heterocycles. The fourth-order valence-corrected chi connectivity index (χ4v) is 2.22. The van der Waals surface area contributed by atoms with Crippen molar-refractivity contribution in [3.05, 3.63) is 23.8 Å². The Kier molecular flexibility index (Phi) is 4.27. The van der Waals surface area contributed by atoms with Gasteiger partial charge in [0.15, 0.2) is 0 Å². The summed E-state index contributed by atoms with van der Waals surface area (Å²) in [6.07, 6.45) is 3.01. The Morgan fingerprint density at radius 1 is 1.47 bits per heavy atom. The zero-order valence-electron chi connectivity index (χ0n) is 11.0. The molecule has 1 fully saturated rings. The van der Waals surface area contributed by atoms with Gasteiger partial charge in [-0.05, 0) is 37.5 Å². The van der Waals surface area contributed by atoms with Gasteiger partial charge in [0, 0.05) is 12.6 Å². The van der Waals surface area contributed by atoms with Crippen molar-refractivity contribution in [3.8, 4) is 11.5 Å². The van der Waals surface area contributed by atoms with Crippen molar-refractivity contribution in [1.29, 1.82) is 0 Å². The molecule has 1 aromatic carbocycles. The van der Waals surface area contributed by atoms with Crippen LogP contribution in [0.3, 0.4) is 0 Å². The Bertz CT molecular complexity index is 457. The molecular formula is C14H19NO4. The zero-order valence-corrected chi connectivity index (χ0v) is 11.0. The largest absolute Gasteiger partial charge is 0.507 e. The van der Waals surface area contributed by atoms with E-state index >= 15 is 0 Å². The number of ether oxygens (including phenoxy) is 1. The highest BCUT2D eigenvalue weighted by molar-refractivity contribution is 5.97. The maximum absolute atomic E-state index is 12.5. The van der Waals surface area contributed by atoms with Crippen LogP contribution in [0.25, 0.3) is 0 Å². The van der Waals surface area contributed by atoms with Gasteiger partial charge in [0.05, 0.1) is 19.3 Å². The van der Waals surface area contributed by atoms with Crippen LogP contribution in [-0.4, -0.2) is 47.3 Å². The van der Waals surface area contributed by atoms with Gasteiger partial charge in [0.2, 0.25) is 0 Å². The van der Waals surface area contributed by atoms with E-state index in [1.165, 1.54) is 19.2 Å². The maximum Gasteiger partial charge on any atom is 0.258 e. The molecule has 1 amide bonds. The summed E-state index contributed by atoms with van der Waals surface area (Å²) in [6.45, 7) is 0.215. The van der Waals surface area contributed by atoms with Crippen LogP contribution in [0.5, 0.6) is 11.5 Å². The van der Waals surface area contributed by atoms with Gasteiger partial charge in [-0.2, -0.15) is 0 Å². The number of nitrogens with zero attached hydrogens (tertiary/aromatic N) is 1. The second-order valence-corrected chi connectivity index (χ2v) is 4.69. The van der Waals surface area contributed by atoms with E-state index in [9.17, 15) is 9.90 Å². The molecule has 5 heteroatoms. The smallest absolute Gasteiger partial charge is 0.258 e. The minimum absolute atomic E-state index is 0.0620. The summed E-state index contributed by atoms with van der Waals surface area (Å²) in [4.78, 5) is 14.1. The van der Waals surface area contributed by atoms with Gasteiger partial charge in [-0.15, -0.1) is 0 Å². The highest BCUT2D eigenvalue weighted by Gasteiger charge is 2.30. The van der Waals surface area contributed by atoms with E-state index in [-0.39, 0.29) is 29.9 Å². The third-order valence-electron chi connectivity index (χ3n) is 3.55. The van der Waals surface area contributed by atoms with Crippen LogP contribution in [0.4, 0.5) is 0 Å². The van der Waals surface area contributed by atoms with E-state index in [1.807, 2.05) is 0 Å². The average Bonchev–Trinajstić information content (AvgIpc) is 2.36. The molecule has 1 aromatic rings. The average molecular weight is 265 g/mol. The van der Waals surface area contributed by atoms with E-state index in [4.69, 9.17) is 9.84 Å². The minimum atomic E-state index is -0.254. The molecule has 0 bridgehead atoms. The van der Waals surface area contributed by atoms with Crippen molar-refractivity contribution in [1.82, 2.24) is 4.90 Å². The highest BCUT2D eigenvalue weighted by Crippen LogP contribution is 2.29. The summed E-state index contributed by atoms with van der Waals surface area (Å²) in [7, 11) is 1.51. The second kappa shape index (κ2) is 5.93. The number of aromatic hydroxyl groups is 1. The van der Waals surface area contributed by atoms with Crippen molar-refractivity contribution in [2.45, 2.75) is 25.3 Å². The molecule has 1 aliphatic rings. The van der Waals surface area contributed by atoms with Crippen LogP contribution < -0.4 is 4.74 Å². The lowest BCUT2D eigenvalue weighted by Crippen LogP contribution is -2.45. The quantitative estimate of drug-likeness (QED) is 0.844. The van der Waals surface area contributed by atoms with Crippen LogP contribution in [0.15, 0.2) is 18.2 Å². The fraction of sp³-hybridized carbons (Fsp3) is 0.500. The normalized spacial score (nSPS) is 14.8. The van der Waals surface area contributed by atoms with E-state index in [1.54, 1.807) is 11.0 Å². The predicted molar refractivity (Wildman–Crippen MR) is 70.4 cm³/mol. The number of hydrogen-bond acceptors (Lipinski definition) is 4. The molecule has 5 nitrogen and oxygen atoms in total. The van der Waals surface area contributed by atoms with Crippen LogP contribution in [0.2, 0.25) is 0 Å². The summed E-state index contributed by atoms with van der Waals surface area (Å²) in [5.41, 5.74) is 0.222. The Morgan fingerprint density at radius 2 is 2.21 bits per heavy atom. The fourth-order valence-electron chi connectivity index (χ4n) is 2.22. The number of amides is 1. The first-order valence-corrected chi connectivity index (χ1v) is 6.46. The SMILES string of the molecule is COc1ccc(O)c(C(=O)N(CCO)C2CCC2)c1. The molecule has 1 aliphatic carbocycles. The summed E-state index contributed by atoms with van der Waals surface area (Å²) in [5, 5.41) is 18.9. The number of aliphatic hydroxyl groups excluding tert-OH is 1.